The van der Waals surface area contributed by atoms with Gasteiger partial charge in [0, 0.05) is 17.1 Å². The van der Waals surface area contributed by atoms with Crippen LogP contribution in [0.25, 0.3) is 0 Å². The molecule has 1 heterocycles. The highest BCUT2D eigenvalue weighted by Gasteiger charge is 2.16. The van der Waals surface area contributed by atoms with E-state index >= 15 is 0 Å². The second-order valence-corrected chi connectivity index (χ2v) is 5.31. The molecule has 2 amide bonds. The molecule has 0 bridgehead atoms. The highest BCUT2D eigenvalue weighted by atomic mass is 35.5. The molecule has 7 heteroatoms. The van der Waals surface area contributed by atoms with Crippen LogP contribution in [0.4, 0.5) is 5.69 Å². The number of nitrogens with one attached hydrogen (secondary N) is 2. The summed E-state index contributed by atoms with van der Waals surface area (Å²) < 4.78 is 5.34. The topological polar surface area (TPSA) is 95.1 Å². The van der Waals surface area contributed by atoms with Crippen LogP contribution in [0.2, 0.25) is 5.02 Å². The summed E-state index contributed by atoms with van der Waals surface area (Å²) in [5.41, 5.74) is 1.21. The lowest BCUT2D eigenvalue weighted by Crippen LogP contribution is -2.35. The fraction of sp³-hybridized carbons (Fsp3) is 0.188. The van der Waals surface area contributed by atoms with Crippen molar-refractivity contribution in [2.24, 2.45) is 0 Å². The molecule has 1 aromatic carbocycles. The second kappa shape index (κ2) is 6.99. The third-order valence-electron chi connectivity index (χ3n) is 3.14. The molecule has 23 heavy (non-hydrogen) atoms. The van der Waals surface area contributed by atoms with Gasteiger partial charge in [0.05, 0.1) is 11.3 Å². The molecule has 0 saturated heterocycles. The highest BCUT2D eigenvalue weighted by Crippen LogP contribution is 2.20. The normalized spacial score (nSPS) is 10.0. The number of carbonyl (C=O) groups is 2. The Kier molecular flexibility index (Phi) is 5.04. The molecular weight excluding hydrogens is 318 g/mol. The van der Waals surface area contributed by atoms with Gasteiger partial charge in [0.15, 0.2) is 0 Å². The Labute approximate surface area is 138 Å². The van der Waals surface area contributed by atoms with Crippen LogP contribution in [0.3, 0.4) is 0 Å². The minimum absolute atomic E-state index is 0.177. The van der Waals surface area contributed by atoms with E-state index in [9.17, 15) is 9.59 Å². The van der Waals surface area contributed by atoms with Crippen molar-refractivity contribution in [1.82, 2.24) is 5.32 Å². The van der Waals surface area contributed by atoms with Crippen LogP contribution in [-0.4, -0.2) is 11.8 Å². The van der Waals surface area contributed by atoms with Crippen molar-refractivity contribution in [2.75, 3.05) is 5.32 Å². The maximum Gasteiger partial charge on any atom is 0.313 e. The summed E-state index contributed by atoms with van der Waals surface area (Å²) >= 11 is 5.83. The molecule has 0 spiro atoms. The number of halogens is 1. The van der Waals surface area contributed by atoms with E-state index in [1.165, 1.54) is 18.2 Å². The summed E-state index contributed by atoms with van der Waals surface area (Å²) in [6.07, 6.45) is 0. The van der Waals surface area contributed by atoms with Crippen molar-refractivity contribution in [1.29, 1.82) is 5.26 Å². The number of benzene rings is 1. The lowest BCUT2D eigenvalue weighted by Gasteiger charge is -2.08. The molecule has 2 aromatic rings. The first-order valence-corrected chi connectivity index (χ1v) is 7.13. The number of rotatable bonds is 3. The third-order valence-corrected chi connectivity index (χ3v) is 3.37. The molecule has 0 atom stereocenters. The van der Waals surface area contributed by atoms with E-state index in [4.69, 9.17) is 21.3 Å². The minimum atomic E-state index is -0.873. The molecule has 6 nitrogen and oxygen atoms in total. The summed E-state index contributed by atoms with van der Waals surface area (Å²) in [6.45, 7) is 3.75. The molecular formula is C16H14ClN3O3. The molecule has 0 saturated carbocycles. The zero-order chi connectivity index (χ0) is 17.0. The summed E-state index contributed by atoms with van der Waals surface area (Å²) in [6, 6.07) is 8.11. The van der Waals surface area contributed by atoms with Crippen LogP contribution in [0.1, 0.15) is 22.6 Å². The van der Waals surface area contributed by atoms with Crippen molar-refractivity contribution in [3.05, 3.63) is 51.9 Å². The van der Waals surface area contributed by atoms with Crippen molar-refractivity contribution in [3.63, 3.8) is 0 Å². The van der Waals surface area contributed by atoms with Crippen molar-refractivity contribution >= 4 is 29.1 Å². The summed E-state index contributed by atoms with van der Waals surface area (Å²) in [5, 5.41) is 14.2. The van der Waals surface area contributed by atoms with Crippen LogP contribution >= 0.6 is 11.6 Å². The van der Waals surface area contributed by atoms with E-state index in [2.05, 4.69) is 10.6 Å². The molecule has 1 aromatic heterocycles. The van der Waals surface area contributed by atoms with E-state index in [-0.39, 0.29) is 17.8 Å². The Morgan fingerprint density at radius 3 is 2.61 bits per heavy atom. The molecule has 2 rings (SSSR count). The predicted molar refractivity (Wildman–Crippen MR) is 84.8 cm³/mol. The maximum absolute atomic E-state index is 11.9. The standard InChI is InChI=1S/C16H14ClN3O3/c1-9-5-12(10(2)23-9)8-19-15(21)16(22)20-14-6-13(17)4-3-11(14)7-18/h3-6H,8H2,1-2H3,(H,19,21)(H,20,22). The fourth-order valence-electron chi connectivity index (χ4n) is 2.01. The first kappa shape index (κ1) is 16.6. The molecule has 0 fully saturated rings. The van der Waals surface area contributed by atoms with Gasteiger partial charge in [0.2, 0.25) is 0 Å². The average molecular weight is 332 g/mol. The molecule has 0 aliphatic carbocycles. The zero-order valence-corrected chi connectivity index (χ0v) is 13.3. The lowest BCUT2D eigenvalue weighted by molar-refractivity contribution is -0.136. The predicted octanol–water partition coefficient (Wildman–Crippen LogP) is 2.68. The highest BCUT2D eigenvalue weighted by molar-refractivity contribution is 6.40. The van der Waals surface area contributed by atoms with Gasteiger partial charge in [0.1, 0.15) is 17.6 Å². The van der Waals surface area contributed by atoms with E-state index in [0.717, 1.165) is 11.3 Å². The number of anilines is 1. The molecule has 0 aliphatic heterocycles. The number of hydrogen-bond donors (Lipinski definition) is 2. The van der Waals surface area contributed by atoms with Crippen LogP contribution in [-0.2, 0) is 16.1 Å². The fourth-order valence-corrected chi connectivity index (χ4v) is 2.18. The summed E-state index contributed by atoms with van der Waals surface area (Å²) in [5.74, 6) is -0.271. The van der Waals surface area contributed by atoms with Crippen LogP contribution < -0.4 is 10.6 Å². The first-order valence-electron chi connectivity index (χ1n) is 6.75. The zero-order valence-electron chi connectivity index (χ0n) is 12.6. The lowest BCUT2D eigenvalue weighted by atomic mass is 10.2. The number of furan rings is 1. The van der Waals surface area contributed by atoms with Gasteiger partial charge < -0.3 is 15.1 Å². The average Bonchev–Trinajstić information content (AvgIpc) is 2.82. The monoisotopic (exact) mass is 331 g/mol. The second-order valence-electron chi connectivity index (χ2n) is 4.88. The summed E-state index contributed by atoms with van der Waals surface area (Å²) in [4.78, 5) is 23.8. The number of nitrogens with zero attached hydrogens (tertiary/aromatic N) is 1. The van der Waals surface area contributed by atoms with Crippen molar-refractivity contribution in [2.45, 2.75) is 20.4 Å². The Morgan fingerprint density at radius 2 is 2.00 bits per heavy atom. The number of amides is 2. The Bertz CT molecular complexity index is 805. The Morgan fingerprint density at radius 1 is 1.26 bits per heavy atom. The first-order chi connectivity index (χ1) is 10.9. The van der Waals surface area contributed by atoms with Gasteiger partial charge in [-0.1, -0.05) is 11.6 Å². The van der Waals surface area contributed by atoms with Gasteiger partial charge in [-0.15, -0.1) is 0 Å². The van der Waals surface area contributed by atoms with Gasteiger partial charge in [0.25, 0.3) is 0 Å². The number of nitriles is 1. The molecule has 118 valence electrons. The van der Waals surface area contributed by atoms with E-state index < -0.39 is 11.8 Å². The van der Waals surface area contributed by atoms with Gasteiger partial charge in [-0.05, 0) is 38.1 Å². The maximum atomic E-state index is 11.9. The quantitative estimate of drug-likeness (QED) is 0.845. The third kappa shape index (κ3) is 4.11. The molecule has 2 N–H and O–H groups in total. The van der Waals surface area contributed by atoms with Crippen LogP contribution in [0, 0.1) is 25.2 Å². The number of aryl methyl sites for hydroxylation is 2. The van der Waals surface area contributed by atoms with Gasteiger partial charge >= 0.3 is 11.8 Å². The number of hydrogen-bond acceptors (Lipinski definition) is 4. The van der Waals surface area contributed by atoms with Gasteiger partial charge in [-0.25, -0.2) is 0 Å². The minimum Gasteiger partial charge on any atom is -0.466 e. The molecule has 0 radical (unpaired) electrons. The van der Waals surface area contributed by atoms with Crippen molar-refractivity contribution in [3.8, 4) is 6.07 Å². The van der Waals surface area contributed by atoms with Crippen LogP contribution in [0.5, 0.6) is 0 Å². The molecule has 0 unspecified atom stereocenters. The van der Waals surface area contributed by atoms with E-state index in [1.807, 2.05) is 6.07 Å². The smallest absolute Gasteiger partial charge is 0.313 e. The van der Waals surface area contributed by atoms with Gasteiger partial charge in [-0.3, -0.25) is 9.59 Å². The summed E-state index contributed by atoms with van der Waals surface area (Å²) in [7, 11) is 0. The largest absolute Gasteiger partial charge is 0.466 e. The van der Waals surface area contributed by atoms with E-state index in [1.54, 1.807) is 19.9 Å². The van der Waals surface area contributed by atoms with Crippen LogP contribution in [0.15, 0.2) is 28.7 Å². The van der Waals surface area contributed by atoms with Gasteiger partial charge in [-0.2, -0.15) is 5.26 Å². The van der Waals surface area contributed by atoms with Crippen molar-refractivity contribution < 1.29 is 14.0 Å². The Hall–Kier alpha value is -2.78. The SMILES string of the molecule is Cc1cc(CNC(=O)C(=O)Nc2cc(Cl)ccc2C#N)c(C)o1. The Balaban J connectivity index is 2.01. The molecule has 0 aliphatic rings. The number of carbonyl (C=O) groups excluding carboxylic acids is 2. The van der Waals surface area contributed by atoms with E-state index in [0.29, 0.717) is 10.8 Å².